The smallest absolute Gasteiger partial charge is 0.185 e. The Morgan fingerprint density at radius 2 is 1.97 bits per heavy atom. The molecule has 4 rings (SSSR count). The Bertz CT molecular complexity index is 1030. The average Bonchev–Trinajstić information content (AvgIpc) is 3.27. The average molecular weight is 421 g/mol. The van der Waals surface area contributed by atoms with E-state index in [4.69, 9.17) is 4.74 Å². The molecule has 1 fully saturated rings. The first kappa shape index (κ1) is 20.3. The second kappa shape index (κ2) is 9.24. The maximum absolute atomic E-state index is 12.5. The van der Waals surface area contributed by atoms with Crippen molar-refractivity contribution in [2.75, 3.05) is 25.1 Å². The minimum atomic E-state index is -0.192. The molecular formula is C24H24N2O3S. The highest BCUT2D eigenvalue weighted by molar-refractivity contribution is 7.13. The molecule has 0 bridgehead atoms. The normalized spacial score (nSPS) is 14.9. The lowest BCUT2D eigenvalue weighted by molar-refractivity contribution is 0.104. The number of anilines is 1. The first-order valence-corrected chi connectivity index (χ1v) is 10.9. The van der Waals surface area contributed by atoms with Gasteiger partial charge in [-0.05, 0) is 61.4 Å². The van der Waals surface area contributed by atoms with Crippen LogP contribution in [0.25, 0.3) is 16.6 Å². The van der Waals surface area contributed by atoms with Crippen LogP contribution in [-0.2, 0) is 0 Å². The van der Waals surface area contributed by atoms with Crippen molar-refractivity contribution >= 4 is 28.9 Å². The van der Waals surface area contributed by atoms with Crippen molar-refractivity contribution in [2.45, 2.75) is 18.9 Å². The van der Waals surface area contributed by atoms with E-state index in [1.54, 1.807) is 19.3 Å². The Kier molecular flexibility index (Phi) is 6.26. The van der Waals surface area contributed by atoms with Gasteiger partial charge in [-0.1, -0.05) is 12.1 Å². The zero-order valence-corrected chi connectivity index (χ0v) is 17.6. The van der Waals surface area contributed by atoms with Crippen molar-refractivity contribution in [3.05, 3.63) is 71.2 Å². The van der Waals surface area contributed by atoms with Crippen molar-refractivity contribution in [3.63, 3.8) is 0 Å². The third kappa shape index (κ3) is 4.78. The molecule has 0 unspecified atom stereocenters. The first-order chi connectivity index (χ1) is 14.6. The molecule has 0 atom stereocenters. The molecule has 1 aliphatic heterocycles. The van der Waals surface area contributed by atoms with E-state index in [9.17, 15) is 9.90 Å². The maximum atomic E-state index is 12.5. The predicted octanol–water partition coefficient (Wildman–Crippen LogP) is 4.68. The van der Waals surface area contributed by atoms with E-state index in [1.807, 2.05) is 53.9 Å². The van der Waals surface area contributed by atoms with Gasteiger partial charge in [0.2, 0.25) is 0 Å². The van der Waals surface area contributed by atoms with E-state index in [0.717, 1.165) is 53.6 Å². The number of aliphatic hydroxyl groups excluding tert-OH is 1. The monoisotopic (exact) mass is 420 g/mol. The van der Waals surface area contributed by atoms with E-state index < -0.39 is 0 Å². The topological polar surface area (TPSA) is 62.7 Å². The minimum Gasteiger partial charge on any atom is -0.497 e. The summed E-state index contributed by atoms with van der Waals surface area (Å²) in [6.07, 6.45) is 4.70. The molecule has 3 aromatic rings. The SMILES string of the molecule is COc1cccc(-c2nc(C=CC(=O)c3ccc(N4CCC(O)CC4)cc3)cs2)c1. The Morgan fingerprint density at radius 1 is 1.20 bits per heavy atom. The summed E-state index contributed by atoms with van der Waals surface area (Å²) in [6.45, 7) is 1.68. The summed E-state index contributed by atoms with van der Waals surface area (Å²) in [5.41, 5.74) is 3.49. The number of aliphatic hydroxyl groups is 1. The number of ether oxygens (including phenoxy) is 1. The summed E-state index contributed by atoms with van der Waals surface area (Å²) in [5.74, 6) is 0.741. The minimum absolute atomic E-state index is 0.0495. The fraction of sp³-hybridized carbons (Fsp3) is 0.250. The van der Waals surface area contributed by atoms with Gasteiger partial charge < -0.3 is 14.7 Å². The number of ketones is 1. The quantitative estimate of drug-likeness (QED) is 0.464. The number of hydrogen-bond donors (Lipinski definition) is 1. The summed E-state index contributed by atoms with van der Waals surface area (Å²) >= 11 is 1.53. The molecule has 1 aromatic heterocycles. The second-order valence-electron chi connectivity index (χ2n) is 7.27. The number of carbonyl (C=O) groups is 1. The van der Waals surface area contributed by atoms with Crippen LogP contribution < -0.4 is 9.64 Å². The van der Waals surface area contributed by atoms with Gasteiger partial charge in [0.05, 0.1) is 18.9 Å². The maximum Gasteiger partial charge on any atom is 0.185 e. The fourth-order valence-electron chi connectivity index (χ4n) is 3.47. The van der Waals surface area contributed by atoms with Gasteiger partial charge in [-0.2, -0.15) is 0 Å². The lowest BCUT2D eigenvalue weighted by Crippen LogP contribution is -2.35. The van der Waals surface area contributed by atoms with Crippen LogP contribution in [0.1, 0.15) is 28.9 Å². The predicted molar refractivity (Wildman–Crippen MR) is 121 cm³/mol. The van der Waals surface area contributed by atoms with Crippen LogP contribution in [0.15, 0.2) is 60.0 Å². The van der Waals surface area contributed by atoms with Crippen molar-refractivity contribution in [3.8, 4) is 16.3 Å². The Balaban J connectivity index is 1.40. The van der Waals surface area contributed by atoms with Gasteiger partial charge in [0, 0.05) is 35.3 Å². The van der Waals surface area contributed by atoms with Crippen LogP contribution in [0, 0.1) is 0 Å². The molecular weight excluding hydrogens is 396 g/mol. The number of nitrogens with zero attached hydrogens (tertiary/aromatic N) is 2. The highest BCUT2D eigenvalue weighted by Gasteiger charge is 2.17. The molecule has 0 aliphatic carbocycles. The molecule has 2 aromatic carbocycles. The number of aromatic nitrogens is 1. The number of allylic oxidation sites excluding steroid dienone is 1. The van der Waals surface area contributed by atoms with Gasteiger partial charge in [-0.15, -0.1) is 11.3 Å². The van der Waals surface area contributed by atoms with Gasteiger partial charge in [0.25, 0.3) is 0 Å². The van der Waals surface area contributed by atoms with Crippen LogP contribution in [0.4, 0.5) is 5.69 Å². The summed E-state index contributed by atoms with van der Waals surface area (Å²) in [5, 5.41) is 12.5. The number of piperidine rings is 1. The lowest BCUT2D eigenvalue weighted by Gasteiger charge is -2.31. The van der Waals surface area contributed by atoms with E-state index >= 15 is 0 Å². The number of thiazole rings is 1. The Hall–Kier alpha value is -2.96. The third-order valence-electron chi connectivity index (χ3n) is 5.23. The van der Waals surface area contributed by atoms with Crippen LogP contribution in [0.2, 0.25) is 0 Å². The van der Waals surface area contributed by atoms with Crippen molar-refractivity contribution < 1.29 is 14.6 Å². The first-order valence-electron chi connectivity index (χ1n) is 9.98. The molecule has 1 aliphatic rings. The number of rotatable bonds is 6. The fourth-order valence-corrected chi connectivity index (χ4v) is 4.25. The molecule has 6 heteroatoms. The Morgan fingerprint density at radius 3 is 2.70 bits per heavy atom. The van der Waals surface area contributed by atoms with Gasteiger partial charge in [0.1, 0.15) is 10.8 Å². The highest BCUT2D eigenvalue weighted by Crippen LogP contribution is 2.27. The molecule has 0 saturated carbocycles. The van der Waals surface area contributed by atoms with Gasteiger partial charge in [-0.3, -0.25) is 4.79 Å². The molecule has 5 nitrogen and oxygen atoms in total. The number of carbonyl (C=O) groups excluding carboxylic acids is 1. The van der Waals surface area contributed by atoms with Crippen molar-refractivity contribution in [1.29, 1.82) is 0 Å². The summed E-state index contributed by atoms with van der Waals surface area (Å²) < 4.78 is 5.27. The van der Waals surface area contributed by atoms with Crippen molar-refractivity contribution in [1.82, 2.24) is 4.98 Å². The lowest BCUT2D eigenvalue weighted by atomic mass is 10.1. The van der Waals surface area contributed by atoms with Crippen LogP contribution in [0.5, 0.6) is 5.75 Å². The van der Waals surface area contributed by atoms with Crippen LogP contribution in [-0.4, -0.2) is 42.2 Å². The van der Waals surface area contributed by atoms with Crippen LogP contribution >= 0.6 is 11.3 Å². The van der Waals surface area contributed by atoms with Gasteiger partial charge in [0.15, 0.2) is 5.78 Å². The van der Waals surface area contributed by atoms with Gasteiger partial charge >= 0.3 is 0 Å². The largest absolute Gasteiger partial charge is 0.497 e. The zero-order valence-electron chi connectivity index (χ0n) is 16.8. The zero-order chi connectivity index (χ0) is 20.9. The second-order valence-corrected chi connectivity index (χ2v) is 8.13. The van der Waals surface area contributed by atoms with E-state index in [1.165, 1.54) is 11.3 Å². The molecule has 1 N–H and O–H groups in total. The number of methoxy groups -OCH3 is 1. The molecule has 2 heterocycles. The van der Waals surface area contributed by atoms with E-state index in [0.29, 0.717) is 5.56 Å². The summed E-state index contributed by atoms with van der Waals surface area (Å²) in [6, 6.07) is 15.4. The van der Waals surface area contributed by atoms with Crippen molar-refractivity contribution in [2.24, 2.45) is 0 Å². The highest BCUT2D eigenvalue weighted by atomic mass is 32.1. The molecule has 154 valence electrons. The van der Waals surface area contributed by atoms with Gasteiger partial charge in [-0.25, -0.2) is 4.98 Å². The van der Waals surface area contributed by atoms with E-state index in [-0.39, 0.29) is 11.9 Å². The summed E-state index contributed by atoms with van der Waals surface area (Å²) in [4.78, 5) is 19.4. The summed E-state index contributed by atoms with van der Waals surface area (Å²) in [7, 11) is 1.64. The number of hydrogen-bond acceptors (Lipinski definition) is 6. The molecule has 0 amide bonds. The third-order valence-corrected chi connectivity index (χ3v) is 6.14. The van der Waals surface area contributed by atoms with E-state index in [2.05, 4.69) is 9.88 Å². The van der Waals surface area contributed by atoms with Crippen LogP contribution in [0.3, 0.4) is 0 Å². The Labute approximate surface area is 180 Å². The standard InChI is InChI=1S/C24H24N2O3S/c1-29-22-4-2-3-18(15-22)24-25-19(16-30-24)7-10-23(28)17-5-8-20(9-6-17)26-13-11-21(27)12-14-26/h2-10,15-16,21,27H,11-14H2,1H3. The molecule has 0 spiro atoms. The number of benzene rings is 2. The molecule has 1 saturated heterocycles. The molecule has 0 radical (unpaired) electrons. The molecule has 30 heavy (non-hydrogen) atoms.